The van der Waals surface area contributed by atoms with Crippen LogP contribution in [0.2, 0.25) is 0 Å². The number of carbonyl (C=O) groups excluding carboxylic acids is 1. The highest BCUT2D eigenvalue weighted by atomic mass is 32.2. The molecule has 3 aromatic rings. The van der Waals surface area contributed by atoms with Crippen molar-refractivity contribution < 1.29 is 13.6 Å². The molecular formula is C16H13F2N5OS. The zero-order valence-electron chi connectivity index (χ0n) is 13.1. The van der Waals surface area contributed by atoms with Crippen LogP contribution < -0.4 is 5.32 Å². The molecule has 1 unspecified atom stereocenters. The first-order valence-corrected chi connectivity index (χ1v) is 8.51. The number of fused-ring (bicyclic) bond motifs is 1. The summed E-state index contributed by atoms with van der Waals surface area (Å²) in [5.74, 6) is -1.00. The van der Waals surface area contributed by atoms with Crippen molar-refractivity contribution in [1.82, 2.24) is 19.6 Å². The Morgan fingerprint density at radius 3 is 2.84 bits per heavy atom. The van der Waals surface area contributed by atoms with E-state index in [0.717, 1.165) is 23.3 Å². The largest absolute Gasteiger partial charge is 0.310 e. The number of hydrogen-bond acceptors (Lipinski definition) is 4. The number of aryl methyl sites for hydroxylation is 1. The molecule has 9 heteroatoms. The highest BCUT2D eigenvalue weighted by Crippen LogP contribution is 2.41. The monoisotopic (exact) mass is 361 g/mol. The van der Waals surface area contributed by atoms with Crippen molar-refractivity contribution in [3.8, 4) is 5.69 Å². The molecule has 25 heavy (non-hydrogen) atoms. The Balaban J connectivity index is 1.85. The number of nitrogens with zero attached hydrogens (tertiary/aromatic N) is 4. The van der Waals surface area contributed by atoms with E-state index >= 15 is 0 Å². The molecule has 3 heterocycles. The zero-order chi connectivity index (χ0) is 17.6. The molecule has 2 aromatic heterocycles. The number of anilines is 1. The second-order valence-corrected chi connectivity index (χ2v) is 6.74. The molecule has 0 aliphatic carbocycles. The molecule has 0 saturated carbocycles. The highest BCUT2D eigenvalue weighted by Gasteiger charge is 2.29. The Morgan fingerprint density at radius 2 is 2.12 bits per heavy atom. The van der Waals surface area contributed by atoms with Gasteiger partial charge in [0.15, 0.2) is 5.82 Å². The van der Waals surface area contributed by atoms with Crippen molar-refractivity contribution in [1.29, 1.82) is 0 Å². The predicted molar refractivity (Wildman–Crippen MR) is 89.6 cm³/mol. The fourth-order valence-electron chi connectivity index (χ4n) is 2.78. The normalized spacial score (nSPS) is 17.1. The lowest BCUT2D eigenvalue weighted by molar-refractivity contribution is -0.113. The van der Waals surface area contributed by atoms with Crippen molar-refractivity contribution in [3.63, 3.8) is 0 Å². The molecular weight excluding hydrogens is 348 g/mol. The van der Waals surface area contributed by atoms with E-state index < -0.39 is 11.6 Å². The standard InChI is InChI=1S/C16H13F2N5OS/c1-22-7-9(5-19-22)15-11-6-20-23(16(11)21-14(24)8-25-15)13-3-2-10(17)4-12(13)18/h2-7,15H,8H2,1H3,(H,21,24). The van der Waals surface area contributed by atoms with E-state index in [1.54, 1.807) is 17.1 Å². The second-order valence-electron chi connectivity index (χ2n) is 5.64. The number of benzene rings is 1. The van der Waals surface area contributed by atoms with Crippen molar-refractivity contribution in [2.24, 2.45) is 7.05 Å². The van der Waals surface area contributed by atoms with E-state index in [1.165, 1.54) is 22.5 Å². The minimum absolute atomic E-state index is 0.0692. The minimum atomic E-state index is -0.755. The maximum atomic E-state index is 14.2. The lowest BCUT2D eigenvalue weighted by Crippen LogP contribution is -2.16. The summed E-state index contributed by atoms with van der Waals surface area (Å²) >= 11 is 1.44. The minimum Gasteiger partial charge on any atom is -0.310 e. The summed E-state index contributed by atoms with van der Waals surface area (Å²) in [6.07, 6.45) is 5.19. The van der Waals surface area contributed by atoms with Crippen molar-refractivity contribution in [2.45, 2.75) is 5.25 Å². The van der Waals surface area contributed by atoms with E-state index in [4.69, 9.17) is 0 Å². The molecule has 1 aliphatic heterocycles. The van der Waals surface area contributed by atoms with Gasteiger partial charge in [-0.1, -0.05) is 0 Å². The fraction of sp³-hybridized carbons (Fsp3) is 0.188. The number of nitrogens with one attached hydrogen (secondary N) is 1. The number of amides is 1. The molecule has 0 radical (unpaired) electrons. The Labute approximate surface area is 145 Å². The van der Waals surface area contributed by atoms with Gasteiger partial charge in [-0.3, -0.25) is 9.48 Å². The van der Waals surface area contributed by atoms with Gasteiger partial charge in [-0.15, -0.1) is 11.8 Å². The van der Waals surface area contributed by atoms with Crippen molar-refractivity contribution >= 4 is 23.5 Å². The maximum Gasteiger partial charge on any atom is 0.235 e. The summed E-state index contributed by atoms with van der Waals surface area (Å²) in [7, 11) is 1.81. The van der Waals surface area contributed by atoms with Gasteiger partial charge in [0, 0.05) is 30.4 Å². The van der Waals surface area contributed by atoms with Gasteiger partial charge >= 0.3 is 0 Å². The Morgan fingerprint density at radius 1 is 1.28 bits per heavy atom. The zero-order valence-corrected chi connectivity index (χ0v) is 13.9. The van der Waals surface area contributed by atoms with Crippen LogP contribution in [0, 0.1) is 11.6 Å². The number of thioether (sulfide) groups is 1. The Kier molecular flexibility index (Phi) is 3.79. The molecule has 1 N–H and O–H groups in total. The molecule has 0 fully saturated rings. The number of rotatable bonds is 2. The summed E-state index contributed by atoms with van der Waals surface area (Å²) in [6.45, 7) is 0. The number of halogens is 2. The van der Waals surface area contributed by atoms with E-state index in [0.29, 0.717) is 5.82 Å². The second kappa shape index (κ2) is 5.99. The van der Waals surface area contributed by atoms with Crippen LogP contribution >= 0.6 is 11.8 Å². The average Bonchev–Trinajstić information content (AvgIpc) is 3.12. The van der Waals surface area contributed by atoms with Crippen molar-refractivity contribution in [3.05, 3.63) is 59.6 Å². The smallest absolute Gasteiger partial charge is 0.235 e. The Hall–Kier alpha value is -2.68. The first-order valence-electron chi connectivity index (χ1n) is 7.46. The summed E-state index contributed by atoms with van der Waals surface area (Å²) in [6, 6.07) is 3.23. The van der Waals surface area contributed by atoms with Gasteiger partial charge < -0.3 is 5.32 Å². The molecule has 0 bridgehead atoms. The highest BCUT2D eigenvalue weighted by molar-refractivity contribution is 8.00. The molecule has 0 spiro atoms. The lowest BCUT2D eigenvalue weighted by atomic mass is 10.1. The van der Waals surface area contributed by atoms with Gasteiger partial charge in [0.05, 0.1) is 23.4 Å². The van der Waals surface area contributed by atoms with Crippen LogP contribution in [-0.2, 0) is 11.8 Å². The predicted octanol–water partition coefficient (Wildman–Crippen LogP) is 2.66. The molecule has 4 rings (SSSR count). The van der Waals surface area contributed by atoms with E-state index in [1.807, 2.05) is 13.2 Å². The summed E-state index contributed by atoms with van der Waals surface area (Å²) in [4.78, 5) is 12.1. The lowest BCUT2D eigenvalue weighted by Gasteiger charge is -2.12. The number of aromatic nitrogens is 4. The molecule has 1 atom stereocenters. The average molecular weight is 361 g/mol. The maximum absolute atomic E-state index is 14.2. The number of hydrogen-bond donors (Lipinski definition) is 1. The third kappa shape index (κ3) is 2.80. The molecule has 0 saturated heterocycles. The van der Waals surface area contributed by atoms with Crippen LogP contribution in [0.15, 0.2) is 36.8 Å². The SMILES string of the molecule is Cn1cc(C2SCC(=O)Nc3c2cnn3-c2ccc(F)cc2F)cn1. The van der Waals surface area contributed by atoms with E-state index in [9.17, 15) is 13.6 Å². The summed E-state index contributed by atoms with van der Waals surface area (Å²) in [5, 5.41) is 11.0. The fourth-order valence-corrected chi connectivity index (χ4v) is 3.84. The third-order valence-corrected chi connectivity index (χ3v) is 5.17. The van der Waals surface area contributed by atoms with Crippen LogP contribution in [0.3, 0.4) is 0 Å². The topological polar surface area (TPSA) is 64.7 Å². The van der Waals surface area contributed by atoms with Crippen LogP contribution in [0.1, 0.15) is 16.4 Å². The van der Waals surface area contributed by atoms with Gasteiger partial charge in [-0.05, 0) is 12.1 Å². The van der Waals surface area contributed by atoms with E-state index in [-0.39, 0.29) is 22.6 Å². The van der Waals surface area contributed by atoms with Crippen LogP contribution in [0.25, 0.3) is 5.69 Å². The van der Waals surface area contributed by atoms with E-state index in [2.05, 4.69) is 15.5 Å². The van der Waals surface area contributed by atoms with Gasteiger partial charge in [-0.25, -0.2) is 13.5 Å². The molecule has 6 nitrogen and oxygen atoms in total. The third-order valence-electron chi connectivity index (χ3n) is 3.88. The molecule has 1 amide bonds. The van der Waals surface area contributed by atoms with Crippen LogP contribution in [-0.4, -0.2) is 31.2 Å². The summed E-state index contributed by atoms with van der Waals surface area (Å²) < 4.78 is 30.3. The molecule has 128 valence electrons. The van der Waals surface area contributed by atoms with Gasteiger partial charge in [0.1, 0.15) is 17.3 Å². The summed E-state index contributed by atoms with van der Waals surface area (Å²) in [5.41, 5.74) is 1.73. The molecule has 1 aromatic carbocycles. The number of carbonyl (C=O) groups is 1. The van der Waals surface area contributed by atoms with Gasteiger partial charge in [0.2, 0.25) is 5.91 Å². The van der Waals surface area contributed by atoms with Gasteiger partial charge in [-0.2, -0.15) is 10.2 Å². The van der Waals surface area contributed by atoms with Crippen LogP contribution in [0.5, 0.6) is 0 Å². The molecule has 1 aliphatic rings. The quantitative estimate of drug-likeness (QED) is 0.762. The van der Waals surface area contributed by atoms with Crippen molar-refractivity contribution in [2.75, 3.05) is 11.1 Å². The first-order chi connectivity index (χ1) is 12.0. The first kappa shape index (κ1) is 15.8. The van der Waals surface area contributed by atoms with Gasteiger partial charge in [0.25, 0.3) is 0 Å². The van der Waals surface area contributed by atoms with Crippen LogP contribution in [0.4, 0.5) is 14.6 Å². The Bertz CT molecular complexity index is 967.